The van der Waals surface area contributed by atoms with Crippen LogP contribution in [0, 0.1) is 0 Å². The molecule has 3 heterocycles. The predicted octanol–water partition coefficient (Wildman–Crippen LogP) is 4.21. The van der Waals surface area contributed by atoms with Crippen molar-refractivity contribution in [2.24, 2.45) is 14.1 Å². The van der Waals surface area contributed by atoms with Crippen LogP contribution in [0.1, 0.15) is 20.7 Å². The van der Waals surface area contributed by atoms with Crippen LogP contribution in [0.2, 0.25) is 0 Å². The van der Waals surface area contributed by atoms with Crippen molar-refractivity contribution in [2.75, 3.05) is 14.2 Å². The second-order valence-corrected chi connectivity index (χ2v) is 7.88. The Morgan fingerprint density at radius 3 is 1.93 bits per heavy atom. The molecule has 0 atom stereocenters. The topological polar surface area (TPSA) is 56.5 Å². The second-order valence-electron chi connectivity index (χ2n) is 7.88. The first-order valence-corrected chi connectivity index (χ1v) is 9.77. The number of para-hydroxylation sites is 1. The first-order valence-electron chi connectivity index (χ1n) is 9.77. The number of aryl methyl sites for hydroxylation is 2. The van der Waals surface area contributed by atoms with Gasteiger partial charge in [0.25, 0.3) is 11.8 Å². The van der Waals surface area contributed by atoms with E-state index in [4.69, 9.17) is 4.74 Å². The van der Waals surface area contributed by atoms with Crippen LogP contribution in [0.5, 0.6) is 5.75 Å². The molecule has 30 heavy (non-hydrogen) atoms. The molecule has 1 aliphatic heterocycles. The highest BCUT2D eigenvalue weighted by molar-refractivity contribution is 6.39. The summed E-state index contributed by atoms with van der Waals surface area (Å²) in [5, 5.41) is 3.54. The van der Waals surface area contributed by atoms with Crippen LogP contribution >= 0.6 is 0 Å². The molecule has 148 valence electrons. The lowest BCUT2D eigenvalue weighted by Crippen LogP contribution is -2.24. The fourth-order valence-corrected chi connectivity index (χ4v) is 5.11. The molecular formula is C24H19N3O3. The van der Waals surface area contributed by atoms with Crippen LogP contribution in [-0.4, -0.2) is 40.0 Å². The van der Waals surface area contributed by atoms with Gasteiger partial charge in [0.2, 0.25) is 0 Å². The number of carbonyl (C=O) groups excluding carboxylic acids is 2. The molecule has 0 aliphatic carbocycles. The van der Waals surface area contributed by atoms with Crippen molar-refractivity contribution in [2.45, 2.75) is 0 Å². The van der Waals surface area contributed by atoms with Gasteiger partial charge in [-0.3, -0.25) is 14.5 Å². The number of aromatic nitrogens is 2. The third-order valence-electron chi connectivity index (χ3n) is 6.52. The third kappa shape index (κ3) is 1.75. The van der Waals surface area contributed by atoms with Gasteiger partial charge in [0.05, 0.1) is 29.3 Å². The van der Waals surface area contributed by atoms with Crippen molar-refractivity contribution >= 4 is 55.4 Å². The normalized spacial score (nSPS) is 14.1. The van der Waals surface area contributed by atoms with Crippen LogP contribution in [0.4, 0.5) is 0 Å². The average molecular weight is 397 g/mol. The van der Waals surface area contributed by atoms with E-state index in [1.165, 1.54) is 4.90 Å². The predicted molar refractivity (Wildman–Crippen MR) is 117 cm³/mol. The van der Waals surface area contributed by atoms with Gasteiger partial charge < -0.3 is 13.9 Å². The van der Waals surface area contributed by atoms with Gasteiger partial charge in [0.15, 0.2) is 0 Å². The van der Waals surface area contributed by atoms with Crippen LogP contribution in [0.15, 0.2) is 42.5 Å². The summed E-state index contributed by atoms with van der Waals surface area (Å²) in [5.41, 5.74) is 4.90. The summed E-state index contributed by atoms with van der Waals surface area (Å²) >= 11 is 0. The molecule has 0 saturated heterocycles. The Kier molecular flexibility index (Phi) is 3.09. The molecular weight excluding hydrogens is 378 g/mol. The highest BCUT2D eigenvalue weighted by Crippen LogP contribution is 2.45. The zero-order valence-corrected chi connectivity index (χ0v) is 17.1. The minimum atomic E-state index is -0.259. The number of imide groups is 1. The Hall–Kier alpha value is -3.80. The fourth-order valence-electron chi connectivity index (χ4n) is 5.11. The summed E-state index contributed by atoms with van der Waals surface area (Å²) in [4.78, 5) is 27.7. The highest BCUT2D eigenvalue weighted by Gasteiger charge is 2.39. The van der Waals surface area contributed by atoms with Crippen molar-refractivity contribution in [3.63, 3.8) is 0 Å². The molecule has 6 nitrogen and oxygen atoms in total. The van der Waals surface area contributed by atoms with E-state index in [1.54, 1.807) is 14.2 Å². The lowest BCUT2D eigenvalue weighted by Gasteiger charge is -2.07. The van der Waals surface area contributed by atoms with Crippen molar-refractivity contribution in [1.29, 1.82) is 0 Å². The number of fused-ring (bicyclic) bond motifs is 10. The number of hydrogen-bond donors (Lipinski definition) is 0. The van der Waals surface area contributed by atoms with Crippen molar-refractivity contribution in [1.82, 2.24) is 14.0 Å². The Morgan fingerprint density at radius 2 is 1.30 bits per heavy atom. The Bertz CT molecular complexity index is 1600. The fraction of sp³-hybridized carbons (Fsp3) is 0.167. The molecule has 0 bridgehead atoms. The number of hydrogen-bond acceptors (Lipinski definition) is 3. The molecule has 2 aromatic heterocycles. The minimum absolute atomic E-state index is 0.252. The molecule has 5 aromatic rings. The Labute approximate surface area is 171 Å². The number of benzene rings is 3. The molecule has 0 saturated carbocycles. The molecule has 0 spiro atoms. The first kappa shape index (κ1) is 17.1. The van der Waals surface area contributed by atoms with Crippen LogP contribution in [-0.2, 0) is 14.1 Å². The summed E-state index contributed by atoms with van der Waals surface area (Å²) in [5.74, 6) is 0.203. The summed E-state index contributed by atoms with van der Waals surface area (Å²) in [7, 11) is 7.20. The van der Waals surface area contributed by atoms with Crippen molar-refractivity contribution < 1.29 is 14.3 Å². The first-order chi connectivity index (χ1) is 14.5. The van der Waals surface area contributed by atoms with Crippen LogP contribution in [0.3, 0.4) is 0 Å². The molecule has 2 amide bonds. The summed E-state index contributed by atoms with van der Waals surface area (Å²) in [6.07, 6.45) is 0. The quantitative estimate of drug-likeness (QED) is 0.398. The molecule has 0 N–H and O–H groups in total. The van der Waals surface area contributed by atoms with Gasteiger partial charge in [-0.2, -0.15) is 0 Å². The average Bonchev–Trinajstić information content (AvgIpc) is 3.31. The number of methoxy groups -OCH3 is 1. The standard InChI is InChI=1S/C24H19N3O3/c1-25-15-8-6-5-7-13(15)17-19-20(24(29)27(3)23(19)28)18-14-11-12(30-4)9-10-16(14)26(2)22(18)21(17)25/h5-11H,1-4H3. The lowest BCUT2D eigenvalue weighted by atomic mass is 9.96. The van der Waals surface area contributed by atoms with Gasteiger partial charge in [-0.25, -0.2) is 0 Å². The maximum absolute atomic E-state index is 13.3. The van der Waals surface area contributed by atoms with Gasteiger partial charge in [-0.1, -0.05) is 18.2 Å². The van der Waals surface area contributed by atoms with Gasteiger partial charge in [0.1, 0.15) is 5.75 Å². The monoisotopic (exact) mass is 397 g/mol. The van der Waals surface area contributed by atoms with E-state index in [-0.39, 0.29) is 11.8 Å². The summed E-state index contributed by atoms with van der Waals surface area (Å²) in [6, 6.07) is 13.9. The van der Waals surface area contributed by atoms with E-state index in [1.807, 2.05) is 56.6 Å². The van der Waals surface area contributed by atoms with Crippen LogP contribution in [0.25, 0.3) is 43.6 Å². The number of rotatable bonds is 1. The van der Waals surface area contributed by atoms with Gasteiger partial charge >= 0.3 is 0 Å². The number of carbonyl (C=O) groups is 2. The van der Waals surface area contributed by atoms with Crippen molar-refractivity contribution in [3.8, 4) is 5.75 Å². The van der Waals surface area contributed by atoms with E-state index in [0.29, 0.717) is 16.9 Å². The zero-order chi connectivity index (χ0) is 20.9. The molecule has 0 fully saturated rings. The molecule has 3 aromatic carbocycles. The van der Waals surface area contributed by atoms with E-state index < -0.39 is 0 Å². The maximum atomic E-state index is 13.3. The van der Waals surface area contributed by atoms with Crippen molar-refractivity contribution in [3.05, 3.63) is 53.6 Å². The van der Waals surface area contributed by atoms with E-state index in [9.17, 15) is 9.59 Å². The number of ether oxygens (including phenoxy) is 1. The second kappa shape index (κ2) is 5.42. The van der Waals surface area contributed by atoms with E-state index in [0.717, 1.165) is 43.6 Å². The van der Waals surface area contributed by atoms with Gasteiger partial charge in [0, 0.05) is 53.7 Å². The molecule has 6 heteroatoms. The minimum Gasteiger partial charge on any atom is -0.497 e. The van der Waals surface area contributed by atoms with Gasteiger partial charge in [-0.05, 0) is 24.3 Å². The van der Waals surface area contributed by atoms with E-state index in [2.05, 4.69) is 9.13 Å². The van der Waals surface area contributed by atoms with E-state index >= 15 is 0 Å². The molecule has 0 unspecified atom stereocenters. The Morgan fingerprint density at radius 1 is 0.733 bits per heavy atom. The highest BCUT2D eigenvalue weighted by atomic mass is 16.5. The number of nitrogens with zero attached hydrogens (tertiary/aromatic N) is 3. The largest absolute Gasteiger partial charge is 0.497 e. The SMILES string of the molecule is COc1ccc2c(c1)c1c3c(c4c5ccccc5n(C)c4c1n2C)C(=O)N(C)C3=O. The summed E-state index contributed by atoms with van der Waals surface area (Å²) in [6.45, 7) is 0. The lowest BCUT2D eigenvalue weighted by molar-refractivity contribution is 0.0694. The molecule has 6 rings (SSSR count). The summed E-state index contributed by atoms with van der Waals surface area (Å²) < 4.78 is 9.69. The third-order valence-corrected chi connectivity index (χ3v) is 6.52. The number of amides is 2. The zero-order valence-electron chi connectivity index (χ0n) is 17.1. The molecule has 0 radical (unpaired) electrons. The maximum Gasteiger partial charge on any atom is 0.262 e. The van der Waals surface area contributed by atoms with Crippen LogP contribution < -0.4 is 4.74 Å². The molecule has 1 aliphatic rings. The smallest absolute Gasteiger partial charge is 0.262 e. The Balaban J connectivity index is 2.03. The van der Waals surface area contributed by atoms with Gasteiger partial charge in [-0.15, -0.1) is 0 Å².